The van der Waals surface area contributed by atoms with Gasteiger partial charge in [0.2, 0.25) is 5.95 Å². The first kappa shape index (κ1) is 27.5. The molecule has 10 nitrogen and oxygen atoms in total. The average Bonchev–Trinajstić information content (AvgIpc) is 3.32. The molecule has 5 rings (SSSR count). The molecule has 1 N–H and O–H groups in total. The van der Waals surface area contributed by atoms with Crippen LogP contribution >= 0.6 is 0 Å². The summed E-state index contributed by atoms with van der Waals surface area (Å²) in [6, 6.07) is 20.9. The largest absolute Gasteiger partial charge is 0.545 e. The van der Waals surface area contributed by atoms with E-state index in [4.69, 9.17) is 4.98 Å². The molecule has 1 saturated heterocycles. The molecular weight excluding hydrogens is 496 g/mol. The van der Waals surface area contributed by atoms with Crippen molar-refractivity contribution in [3.63, 3.8) is 0 Å². The van der Waals surface area contributed by atoms with E-state index in [2.05, 4.69) is 79.3 Å². The highest BCUT2D eigenvalue weighted by Gasteiger charge is 2.22. The van der Waals surface area contributed by atoms with E-state index in [1.54, 1.807) is 12.4 Å². The van der Waals surface area contributed by atoms with Crippen molar-refractivity contribution in [1.29, 1.82) is 0 Å². The molecule has 2 aromatic heterocycles. The third kappa shape index (κ3) is 8.21. The Morgan fingerprint density at radius 3 is 2.21 bits per heavy atom. The lowest BCUT2D eigenvalue weighted by Gasteiger charge is -2.31. The van der Waals surface area contributed by atoms with Gasteiger partial charge in [-0.1, -0.05) is 30.3 Å². The SMILES string of the molecule is O=C([O-])/C=C/C(=O)[O-].c1ccc(-n2c(CC3CCN(CCNc4ncccn4)CC3)nc3ccccc32)cc1. The van der Waals surface area contributed by atoms with Crippen molar-refractivity contribution in [2.45, 2.75) is 19.3 Å². The first-order valence-corrected chi connectivity index (χ1v) is 12.8. The molecular formula is C29H30N6O4-2. The number of hydrogen-bond donors (Lipinski definition) is 1. The Morgan fingerprint density at radius 2 is 1.54 bits per heavy atom. The molecule has 1 fully saturated rings. The minimum atomic E-state index is -1.55. The zero-order chi connectivity index (χ0) is 27.5. The van der Waals surface area contributed by atoms with Crippen LogP contribution in [-0.4, -0.2) is 62.5 Å². The predicted octanol–water partition coefficient (Wildman–Crippen LogP) is 1.22. The highest BCUT2D eigenvalue weighted by Crippen LogP contribution is 2.26. The first-order valence-electron chi connectivity index (χ1n) is 12.8. The van der Waals surface area contributed by atoms with Gasteiger partial charge in [-0.05, 0) is 74.3 Å². The molecule has 2 aromatic carbocycles. The number of carboxylic acid groups (broad SMARTS) is 2. The Hall–Kier alpha value is -4.57. The van der Waals surface area contributed by atoms with E-state index in [0.29, 0.717) is 24.0 Å². The van der Waals surface area contributed by atoms with Crippen molar-refractivity contribution in [2.24, 2.45) is 5.92 Å². The quantitative estimate of drug-likeness (QED) is 0.319. The van der Waals surface area contributed by atoms with Gasteiger partial charge in [-0.15, -0.1) is 0 Å². The lowest BCUT2D eigenvalue weighted by molar-refractivity contribution is -0.301. The number of likely N-dealkylation sites (tertiary alicyclic amines) is 1. The maximum atomic E-state index is 9.41. The number of nitrogens with zero attached hydrogens (tertiary/aromatic N) is 5. The second-order valence-electron chi connectivity index (χ2n) is 9.15. The number of aromatic nitrogens is 4. The van der Waals surface area contributed by atoms with Gasteiger partial charge in [-0.2, -0.15) is 0 Å². The minimum Gasteiger partial charge on any atom is -0.545 e. The second-order valence-corrected chi connectivity index (χ2v) is 9.15. The smallest absolute Gasteiger partial charge is 0.222 e. The van der Waals surface area contributed by atoms with Crippen molar-refractivity contribution in [2.75, 3.05) is 31.5 Å². The fourth-order valence-electron chi connectivity index (χ4n) is 4.60. The zero-order valence-electron chi connectivity index (χ0n) is 21.5. The van der Waals surface area contributed by atoms with Crippen molar-refractivity contribution in [3.8, 4) is 5.69 Å². The maximum Gasteiger partial charge on any atom is 0.222 e. The summed E-state index contributed by atoms with van der Waals surface area (Å²) in [4.78, 5) is 34.8. The Bertz CT molecular complexity index is 1370. The van der Waals surface area contributed by atoms with Crippen LogP contribution in [0.2, 0.25) is 0 Å². The number of nitrogens with one attached hydrogen (secondary N) is 1. The van der Waals surface area contributed by atoms with E-state index >= 15 is 0 Å². The molecule has 202 valence electrons. The zero-order valence-corrected chi connectivity index (χ0v) is 21.5. The molecule has 0 atom stereocenters. The molecule has 1 aliphatic heterocycles. The highest BCUT2D eigenvalue weighted by atomic mass is 16.4. The number of carbonyl (C=O) groups is 2. The maximum absolute atomic E-state index is 9.41. The topological polar surface area (TPSA) is 139 Å². The van der Waals surface area contributed by atoms with Gasteiger partial charge in [0.1, 0.15) is 5.82 Å². The lowest BCUT2D eigenvalue weighted by Crippen LogP contribution is -2.37. The third-order valence-electron chi connectivity index (χ3n) is 6.46. The van der Waals surface area contributed by atoms with Gasteiger partial charge in [0.15, 0.2) is 0 Å². The van der Waals surface area contributed by atoms with E-state index in [0.717, 1.165) is 38.1 Å². The summed E-state index contributed by atoms with van der Waals surface area (Å²) in [5, 5.41) is 22.1. The number of para-hydroxylation sites is 3. The first-order chi connectivity index (χ1) is 19.0. The van der Waals surface area contributed by atoms with Crippen LogP contribution in [0, 0.1) is 5.92 Å². The van der Waals surface area contributed by atoms with Gasteiger partial charge in [-0.25, -0.2) is 15.0 Å². The lowest BCUT2D eigenvalue weighted by atomic mass is 9.93. The molecule has 0 radical (unpaired) electrons. The number of benzene rings is 2. The van der Waals surface area contributed by atoms with Gasteiger partial charge >= 0.3 is 0 Å². The minimum absolute atomic E-state index is 0.384. The molecule has 3 heterocycles. The molecule has 1 aliphatic rings. The van der Waals surface area contributed by atoms with Crippen LogP contribution in [0.5, 0.6) is 0 Å². The van der Waals surface area contributed by atoms with Crippen molar-refractivity contribution < 1.29 is 19.8 Å². The van der Waals surface area contributed by atoms with Crippen LogP contribution in [-0.2, 0) is 16.0 Å². The number of carbonyl (C=O) groups excluding carboxylic acids is 2. The van der Waals surface area contributed by atoms with Crippen molar-refractivity contribution in [3.05, 3.63) is 91.0 Å². The highest BCUT2D eigenvalue weighted by molar-refractivity contribution is 5.87. The van der Waals surface area contributed by atoms with E-state index < -0.39 is 11.9 Å². The van der Waals surface area contributed by atoms with Crippen LogP contribution < -0.4 is 15.5 Å². The van der Waals surface area contributed by atoms with Crippen LogP contribution in [0.15, 0.2) is 85.2 Å². The van der Waals surface area contributed by atoms with Gasteiger partial charge in [-0.3, -0.25) is 4.57 Å². The number of aliphatic carboxylic acids is 2. The summed E-state index contributed by atoms with van der Waals surface area (Å²) in [6.07, 6.45) is 7.74. The summed E-state index contributed by atoms with van der Waals surface area (Å²) >= 11 is 0. The fourth-order valence-corrected chi connectivity index (χ4v) is 4.60. The monoisotopic (exact) mass is 526 g/mol. The normalized spacial score (nSPS) is 14.2. The number of anilines is 1. The standard InChI is InChI=1S/C25H28N6.C4H4O4/c1-2-7-21(8-3-1)31-23-10-5-4-9-22(23)29-24(31)19-20-11-16-30(17-12-20)18-15-28-25-26-13-6-14-27-25;5-3(6)1-2-4(7)8/h1-10,13-14,20H,11-12,15-19H2,(H,26,27,28);1-2H,(H,5,6)(H,7,8)/p-2/b;2-1+. The second kappa shape index (κ2) is 13.8. The Kier molecular flexibility index (Phi) is 9.74. The van der Waals surface area contributed by atoms with E-state index in [1.807, 2.05) is 6.07 Å². The summed E-state index contributed by atoms with van der Waals surface area (Å²) in [5.41, 5.74) is 3.46. The molecule has 0 aliphatic carbocycles. The van der Waals surface area contributed by atoms with E-state index in [1.165, 1.54) is 29.9 Å². The molecule has 10 heteroatoms. The van der Waals surface area contributed by atoms with Gasteiger partial charge in [0.05, 0.1) is 23.0 Å². The van der Waals surface area contributed by atoms with Crippen LogP contribution in [0.1, 0.15) is 18.7 Å². The number of hydrogen-bond acceptors (Lipinski definition) is 9. The van der Waals surface area contributed by atoms with Gasteiger partial charge in [0.25, 0.3) is 0 Å². The molecule has 0 spiro atoms. The van der Waals surface area contributed by atoms with Crippen molar-refractivity contribution in [1.82, 2.24) is 24.4 Å². The molecule has 4 aromatic rings. The van der Waals surface area contributed by atoms with Crippen LogP contribution in [0.3, 0.4) is 0 Å². The number of piperidine rings is 1. The third-order valence-corrected chi connectivity index (χ3v) is 6.46. The number of imidazole rings is 1. The Labute approximate surface area is 226 Å². The summed E-state index contributed by atoms with van der Waals surface area (Å²) in [7, 11) is 0. The molecule has 39 heavy (non-hydrogen) atoms. The van der Waals surface area contributed by atoms with Crippen LogP contribution in [0.25, 0.3) is 16.7 Å². The van der Waals surface area contributed by atoms with Gasteiger partial charge < -0.3 is 30.0 Å². The summed E-state index contributed by atoms with van der Waals surface area (Å²) in [6.45, 7) is 4.16. The number of fused-ring (bicyclic) bond motifs is 1. The van der Waals surface area contributed by atoms with Crippen molar-refractivity contribution >= 4 is 28.9 Å². The Morgan fingerprint density at radius 1 is 0.897 bits per heavy atom. The Balaban J connectivity index is 0.000000386. The summed E-state index contributed by atoms with van der Waals surface area (Å²) < 4.78 is 2.34. The predicted molar refractivity (Wildman–Crippen MR) is 144 cm³/mol. The molecule has 0 amide bonds. The summed E-state index contributed by atoms with van der Waals surface area (Å²) in [5.74, 6) is -0.546. The molecule has 0 unspecified atom stereocenters. The van der Waals surface area contributed by atoms with E-state index in [9.17, 15) is 19.8 Å². The number of rotatable bonds is 9. The van der Waals surface area contributed by atoms with Gasteiger partial charge in [0, 0.05) is 37.6 Å². The number of carboxylic acids is 2. The van der Waals surface area contributed by atoms with Crippen LogP contribution in [0.4, 0.5) is 5.95 Å². The van der Waals surface area contributed by atoms with E-state index in [-0.39, 0.29) is 0 Å². The molecule has 0 bridgehead atoms. The molecule has 0 saturated carbocycles. The fraction of sp³-hybridized carbons (Fsp3) is 0.276. The average molecular weight is 527 g/mol.